The smallest absolute Gasteiger partial charge is 0.150 e. The summed E-state index contributed by atoms with van der Waals surface area (Å²) >= 11 is 0. The molecule has 2 heteroatoms. The molecule has 2 aromatic carbocycles. The fraction of sp³-hybridized carbons (Fsp3) is 0.294. The monoisotopic (exact) mass is 255 g/mol. The predicted molar refractivity (Wildman–Crippen MR) is 80.9 cm³/mol. The summed E-state index contributed by atoms with van der Waals surface area (Å²) in [4.78, 5) is 0. The molecule has 0 aliphatic carbocycles. The molecule has 2 nitrogen and oxygen atoms in total. The van der Waals surface area contributed by atoms with Gasteiger partial charge in [0, 0.05) is 6.54 Å². The Morgan fingerprint density at radius 2 is 1.53 bits per heavy atom. The highest BCUT2D eigenvalue weighted by molar-refractivity contribution is 5.57. The topological polar surface area (TPSA) is 21.3 Å². The molecule has 0 radical (unpaired) electrons. The Morgan fingerprint density at radius 3 is 2.21 bits per heavy atom. The lowest BCUT2D eigenvalue weighted by molar-refractivity contribution is 0.440. The van der Waals surface area contributed by atoms with Gasteiger partial charge in [0.25, 0.3) is 0 Å². The van der Waals surface area contributed by atoms with Gasteiger partial charge in [-0.15, -0.1) is 0 Å². The maximum absolute atomic E-state index is 5.91. The molecule has 0 atom stereocenters. The van der Waals surface area contributed by atoms with Gasteiger partial charge in [-0.1, -0.05) is 51.1 Å². The van der Waals surface area contributed by atoms with E-state index in [0.717, 1.165) is 23.7 Å². The van der Waals surface area contributed by atoms with Crippen molar-refractivity contribution in [2.24, 2.45) is 5.41 Å². The van der Waals surface area contributed by atoms with Gasteiger partial charge in [0.15, 0.2) is 5.75 Å². The quantitative estimate of drug-likeness (QED) is 0.835. The van der Waals surface area contributed by atoms with E-state index in [2.05, 4.69) is 26.1 Å². The molecule has 0 aliphatic rings. The second kappa shape index (κ2) is 5.79. The zero-order valence-corrected chi connectivity index (χ0v) is 11.8. The lowest BCUT2D eigenvalue weighted by Gasteiger charge is -2.21. The molecule has 100 valence electrons. The van der Waals surface area contributed by atoms with Gasteiger partial charge in [-0.25, -0.2) is 0 Å². The second-order valence-electron chi connectivity index (χ2n) is 5.83. The van der Waals surface area contributed by atoms with Crippen LogP contribution in [0, 0.1) is 5.41 Å². The van der Waals surface area contributed by atoms with Crippen LogP contribution in [-0.4, -0.2) is 6.54 Å². The average molecular weight is 255 g/mol. The van der Waals surface area contributed by atoms with Crippen molar-refractivity contribution in [1.29, 1.82) is 0 Å². The van der Waals surface area contributed by atoms with Crippen molar-refractivity contribution >= 4 is 5.69 Å². The van der Waals surface area contributed by atoms with E-state index < -0.39 is 0 Å². The molecular weight excluding hydrogens is 234 g/mol. The van der Waals surface area contributed by atoms with E-state index in [0.29, 0.717) is 0 Å². The van der Waals surface area contributed by atoms with Gasteiger partial charge in [0.05, 0.1) is 5.69 Å². The molecule has 0 saturated heterocycles. The molecule has 0 aromatic heterocycles. The molecule has 1 N–H and O–H groups in total. The first kappa shape index (κ1) is 13.5. The van der Waals surface area contributed by atoms with Gasteiger partial charge < -0.3 is 10.1 Å². The molecule has 0 heterocycles. The van der Waals surface area contributed by atoms with Crippen LogP contribution in [0.3, 0.4) is 0 Å². The van der Waals surface area contributed by atoms with Crippen LogP contribution >= 0.6 is 0 Å². The molecule has 19 heavy (non-hydrogen) atoms. The summed E-state index contributed by atoms with van der Waals surface area (Å²) < 4.78 is 5.91. The third-order valence-corrected chi connectivity index (χ3v) is 2.67. The molecule has 0 saturated carbocycles. The number of hydrogen-bond donors (Lipinski definition) is 1. The van der Waals surface area contributed by atoms with Crippen molar-refractivity contribution in [3.05, 3.63) is 54.6 Å². The molecule has 2 aromatic rings. The molecule has 0 aliphatic heterocycles. The third-order valence-electron chi connectivity index (χ3n) is 2.67. The van der Waals surface area contributed by atoms with E-state index in [1.165, 1.54) is 0 Å². The molecule has 0 fully saturated rings. The molecule has 0 bridgehead atoms. The Morgan fingerprint density at radius 1 is 0.895 bits per heavy atom. The first-order valence-corrected chi connectivity index (χ1v) is 6.60. The predicted octanol–water partition coefficient (Wildman–Crippen LogP) is 4.94. The maximum Gasteiger partial charge on any atom is 0.150 e. The molecular formula is C17H21NO. The SMILES string of the molecule is CC(C)(C)CNc1ccccc1Oc1ccccc1. The lowest BCUT2D eigenvalue weighted by Crippen LogP contribution is -2.19. The zero-order valence-electron chi connectivity index (χ0n) is 11.8. The first-order valence-electron chi connectivity index (χ1n) is 6.60. The van der Waals surface area contributed by atoms with Gasteiger partial charge in [0.2, 0.25) is 0 Å². The minimum absolute atomic E-state index is 0.236. The number of hydrogen-bond acceptors (Lipinski definition) is 2. The van der Waals surface area contributed by atoms with Crippen molar-refractivity contribution in [2.45, 2.75) is 20.8 Å². The molecule has 2 rings (SSSR count). The molecule has 0 amide bonds. The Hall–Kier alpha value is -1.96. The van der Waals surface area contributed by atoms with Crippen LogP contribution in [0.2, 0.25) is 0 Å². The van der Waals surface area contributed by atoms with Gasteiger partial charge >= 0.3 is 0 Å². The highest BCUT2D eigenvalue weighted by Gasteiger charge is 2.11. The van der Waals surface area contributed by atoms with E-state index in [-0.39, 0.29) is 5.41 Å². The minimum Gasteiger partial charge on any atom is -0.455 e. The summed E-state index contributed by atoms with van der Waals surface area (Å²) in [5.74, 6) is 1.71. The van der Waals surface area contributed by atoms with Crippen LogP contribution in [0.4, 0.5) is 5.69 Å². The summed E-state index contributed by atoms with van der Waals surface area (Å²) in [6.45, 7) is 7.53. The van der Waals surface area contributed by atoms with Gasteiger partial charge in [-0.2, -0.15) is 0 Å². The standard InChI is InChI=1S/C17H21NO/c1-17(2,3)13-18-15-11-7-8-12-16(15)19-14-9-5-4-6-10-14/h4-12,18H,13H2,1-3H3. The summed E-state index contributed by atoms with van der Waals surface area (Å²) in [5.41, 5.74) is 1.26. The zero-order chi connectivity index (χ0) is 13.7. The van der Waals surface area contributed by atoms with E-state index in [9.17, 15) is 0 Å². The van der Waals surface area contributed by atoms with Crippen molar-refractivity contribution < 1.29 is 4.74 Å². The maximum atomic E-state index is 5.91. The van der Waals surface area contributed by atoms with Gasteiger partial charge in [-0.3, -0.25) is 0 Å². The fourth-order valence-electron chi connectivity index (χ4n) is 1.68. The van der Waals surface area contributed by atoms with Gasteiger partial charge in [0.1, 0.15) is 5.75 Å². The third kappa shape index (κ3) is 4.32. The molecule has 0 spiro atoms. The normalized spacial score (nSPS) is 11.1. The van der Waals surface area contributed by atoms with Crippen LogP contribution in [0.25, 0.3) is 0 Å². The Bertz CT molecular complexity index is 514. The highest BCUT2D eigenvalue weighted by atomic mass is 16.5. The van der Waals surface area contributed by atoms with Crippen LogP contribution in [0.5, 0.6) is 11.5 Å². The Labute approximate surface area is 115 Å². The van der Waals surface area contributed by atoms with Gasteiger partial charge in [-0.05, 0) is 29.7 Å². The van der Waals surface area contributed by atoms with Crippen molar-refractivity contribution in [2.75, 3.05) is 11.9 Å². The van der Waals surface area contributed by atoms with E-state index in [1.807, 2.05) is 54.6 Å². The van der Waals surface area contributed by atoms with Crippen LogP contribution < -0.4 is 10.1 Å². The average Bonchev–Trinajstić information content (AvgIpc) is 2.38. The molecule has 0 unspecified atom stereocenters. The summed E-state index contributed by atoms with van der Waals surface area (Å²) in [5, 5.41) is 3.45. The number of anilines is 1. The Balaban J connectivity index is 2.12. The van der Waals surface area contributed by atoms with Crippen molar-refractivity contribution in [3.63, 3.8) is 0 Å². The van der Waals surface area contributed by atoms with Crippen LogP contribution in [-0.2, 0) is 0 Å². The van der Waals surface area contributed by atoms with E-state index in [4.69, 9.17) is 4.74 Å². The summed E-state index contributed by atoms with van der Waals surface area (Å²) in [6, 6.07) is 17.9. The highest BCUT2D eigenvalue weighted by Crippen LogP contribution is 2.29. The lowest BCUT2D eigenvalue weighted by atomic mass is 9.97. The number of para-hydroxylation sites is 3. The number of benzene rings is 2. The number of ether oxygens (including phenoxy) is 1. The van der Waals surface area contributed by atoms with Crippen molar-refractivity contribution in [3.8, 4) is 11.5 Å². The second-order valence-corrected chi connectivity index (χ2v) is 5.83. The number of nitrogens with one attached hydrogen (secondary N) is 1. The minimum atomic E-state index is 0.236. The van der Waals surface area contributed by atoms with Crippen molar-refractivity contribution in [1.82, 2.24) is 0 Å². The van der Waals surface area contributed by atoms with Crippen LogP contribution in [0.15, 0.2) is 54.6 Å². The Kier molecular flexibility index (Phi) is 4.10. The largest absolute Gasteiger partial charge is 0.455 e. The number of rotatable bonds is 4. The summed E-state index contributed by atoms with van der Waals surface area (Å²) in [6.07, 6.45) is 0. The van der Waals surface area contributed by atoms with E-state index in [1.54, 1.807) is 0 Å². The van der Waals surface area contributed by atoms with E-state index >= 15 is 0 Å². The summed E-state index contributed by atoms with van der Waals surface area (Å²) in [7, 11) is 0. The van der Waals surface area contributed by atoms with Crippen LogP contribution in [0.1, 0.15) is 20.8 Å². The fourth-order valence-corrected chi connectivity index (χ4v) is 1.68. The first-order chi connectivity index (χ1) is 9.04.